The second kappa shape index (κ2) is 20.4. The third-order valence-electron chi connectivity index (χ3n) is 7.83. The Morgan fingerprint density at radius 2 is 1.11 bits per heavy atom. The number of rotatable bonds is 22. The molecule has 1 aliphatic rings. The van der Waals surface area contributed by atoms with Crippen molar-refractivity contribution >= 4 is 73.4 Å². The summed E-state index contributed by atoms with van der Waals surface area (Å²) >= 11 is 0. The van der Waals surface area contributed by atoms with Gasteiger partial charge in [-0.2, -0.15) is 0 Å². The van der Waals surface area contributed by atoms with Crippen LogP contribution in [0.25, 0.3) is 0 Å². The van der Waals surface area contributed by atoms with Crippen LogP contribution in [0.15, 0.2) is 34.6 Å². The summed E-state index contributed by atoms with van der Waals surface area (Å²) in [6, 6.07) is 0. The van der Waals surface area contributed by atoms with Crippen LogP contribution in [0, 0.1) is 5.41 Å². The molecule has 0 aromatic heterocycles. The minimum Gasteiger partial charge on any atom is -0.552 e. The van der Waals surface area contributed by atoms with Crippen LogP contribution in [0.4, 0.5) is 0 Å². The van der Waals surface area contributed by atoms with Crippen LogP contribution in [-0.2, 0) is 31.0 Å². The Balaban J connectivity index is 3.00. The van der Waals surface area contributed by atoms with E-state index < -0.39 is 5.41 Å². The Hall–Kier alpha value is -0.502. The largest absolute Gasteiger partial charge is 0.552 e. The zero-order valence-corrected chi connectivity index (χ0v) is 39.8. The lowest BCUT2D eigenvalue weighted by atomic mass is 9.67. The van der Waals surface area contributed by atoms with Crippen LogP contribution >= 0.6 is 0 Å². The van der Waals surface area contributed by atoms with E-state index in [0.29, 0.717) is 85.1 Å². The molecule has 0 radical (unpaired) electrons. The normalized spacial score (nSPS) is 19.9. The highest BCUT2D eigenvalue weighted by Gasteiger charge is 2.54. The first-order valence-electron chi connectivity index (χ1n) is 14.5. The topological polar surface area (TPSA) is 64.6 Å². The van der Waals surface area contributed by atoms with E-state index in [2.05, 4.69) is 13.8 Å². The van der Waals surface area contributed by atoms with E-state index in [1.54, 1.807) is 0 Å². The summed E-state index contributed by atoms with van der Waals surface area (Å²) in [6.07, 6.45) is 17.8. The van der Waals surface area contributed by atoms with Crippen molar-refractivity contribution in [3.63, 3.8) is 0 Å². The molecule has 0 saturated heterocycles. The van der Waals surface area contributed by atoms with Crippen LogP contribution < -0.4 is 0 Å². The predicted octanol–water partition coefficient (Wildman–Crippen LogP) is -1.43. The van der Waals surface area contributed by atoms with Crippen LogP contribution in [-0.4, -0.2) is 79.5 Å². The highest BCUT2D eigenvalue weighted by molar-refractivity contribution is 6.03. The third-order valence-corrected chi connectivity index (χ3v) is 10.7. The van der Waals surface area contributed by atoms with E-state index >= 15 is 0 Å². The molecule has 0 aliphatic heterocycles. The smallest absolute Gasteiger partial charge is 0.289 e. The molecule has 1 rings (SSSR count). The molecule has 0 N–H and O–H groups in total. The van der Waals surface area contributed by atoms with Gasteiger partial charge in [0.15, 0.2) is 17.3 Å². The molecular weight excluding hydrogens is 597 g/mol. The lowest BCUT2D eigenvalue weighted by Gasteiger charge is -2.46. The molecule has 2 unspecified atom stereocenters. The maximum absolute atomic E-state index is 6.34. The summed E-state index contributed by atoms with van der Waals surface area (Å²) in [5.41, 5.74) is 0.482. The molecule has 1 aliphatic carbocycles. The van der Waals surface area contributed by atoms with Gasteiger partial charge in [-0.05, 0) is 18.9 Å². The molecular formula is C24H56O7Si7. The summed E-state index contributed by atoms with van der Waals surface area (Å²) in [7, 11) is 3.74. The Kier molecular flexibility index (Phi) is 19.1. The van der Waals surface area contributed by atoms with Gasteiger partial charge in [0.25, 0.3) is 5.95 Å². The second-order valence-corrected chi connectivity index (χ2v) is 13.0. The van der Waals surface area contributed by atoms with Crippen LogP contribution in [0.1, 0.15) is 104 Å². The Labute approximate surface area is 253 Å². The van der Waals surface area contributed by atoms with Gasteiger partial charge in [0.1, 0.15) is 22.3 Å². The molecule has 222 valence electrons. The summed E-state index contributed by atoms with van der Waals surface area (Å²) in [6.45, 7) is 4.41. The fourth-order valence-corrected chi connectivity index (χ4v) is 9.29. The maximum atomic E-state index is 6.34. The van der Waals surface area contributed by atoms with E-state index in [0.717, 1.165) is 35.7 Å². The van der Waals surface area contributed by atoms with Crippen molar-refractivity contribution in [2.45, 2.75) is 110 Å². The molecule has 0 amide bonds. The Morgan fingerprint density at radius 3 is 1.47 bits per heavy atom. The Morgan fingerprint density at radius 1 is 0.632 bits per heavy atom. The predicted molar refractivity (Wildman–Crippen MR) is 180 cm³/mol. The van der Waals surface area contributed by atoms with Gasteiger partial charge in [-0.15, -0.1) is 0 Å². The zero-order chi connectivity index (χ0) is 28.4. The molecule has 0 saturated carbocycles. The fourth-order valence-electron chi connectivity index (χ4n) is 5.83. The minimum absolute atomic E-state index is 0.332. The molecule has 0 aromatic rings. The Bertz CT molecular complexity index is 773. The number of unbranched alkanes of at least 4 members (excludes halogenated alkanes) is 12. The average Bonchev–Trinajstić information content (AvgIpc) is 2.94. The first-order chi connectivity index (χ1) is 18.5. The van der Waals surface area contributed by atoms with E-state index in [1.807, 2.05) is 0 Å². The van der Waals surface area contributed by atoms with Crippen molar-refractivity contribution in [1.82, 2.24) is 0 Å². The highest BCUT2D eigenvalue weighted by Crippen LogP contribution is 2.54. The molecule has 0 bridgehead atoms. The van der Waals surface area contributed by atoms with Gasteiger partial charge in [0, 0.05) is 0 Å². The fraction of sp³-hybridized carbons (Fsp3) is 0.750. The minimum atomic E-state index is -0.589. The lowest BCUT2D eigenvalue weighted by molar-refractivity contribution is 0.0429. The lowest BCUT2D eigenvalue weighted by Crippen LogP contribution is -2.47. The molecule has 2 atom stereocenters. The number of hydrogen-bond acceptors (Lipinski definition) is 7. The summed E-state index contributed by atoms with van der Waals surface area (Å²) in [5.74, 6) is 3.47. The van der Waals surface area contributed by atoms with Gasteiger partial charge in [0.05, 0.1) is 5.41 Å². The van der Waals surface area contributed by atoms with Crippen LogP contribution in [0.2, 0.25) is 0 Å². The molecule has 7 nitrogen and oxygen atoms in total. The summed E-state index contributed by atoms with van der Waals surface area (Å²) in [5, 5.41) is 0. The SMILES string of the molecule is CCCCCCCCCCCCCCCC1(C(O[SiH3])=C(O[SiH3])O[SiH3])C(C)=C(O[SiH3])C(O[SiH3])=C(O[SiH3])C1O[SiH3]. The van der Waals surface area contributed by atoms with Gasteiger partial charge >= 0.3 is 0 Å². The van der Waals surface area contributed by atoms with Gasteiger partial charge in [0.2, 0.25) is 62.9 Å². The summed E-state index contributed by atoms with van der Waals surface area (Å²) in [4.78, 5) is 0. The quantitative estimate of drug-likeness (QED) is 0.0808. The molecule has 0 heterocycles. The third kappa shape index (κ3) is 9.27. The molecule has 38 heavy (non-hydrogen) atoms. The van der Waals surface area contributed by atoms with Crippen molar-refractivity contribution < 1.29 is 31.0 Å². The summed E-state index contributed by atoms with van der Waals surface area (Å²) < 4.78 is 42.3. The second-order valence-electron chi connectivity index (χ2n) is 10.1. The van der Waals surface area contributed by atoms with Crippen molar-refractivity contribution in [2.24, 2.45) is 5.41 Å². The average molecular weight is 653 g/mol. The monoisotopic (exact) mass is 652 g/mol. The van der Waals surface area contributed by atoms with Crippen LogP contribution in [0.3, 0.4) is 0 Å². The zero-order valence-electron chi connectivity index (χ0n) is 25.8. The standard InChI is InChI=1S/C24H56O7Si7/c1-3-4-5-6-7-8-9-10-11-12-13-14-15-16-24(22(29-36)23(30-37)31-38)17(2)18(25-32)19(26-33)20(27-34)21(24)28-35/h21H,3-16H2,1-2,32-38H3. The van der Waals surface area contributed by atoms with Crippen molar-refractivity contribution in [3.8, 4) is 0 Å². The van der Waals surface area contributed by atoms with Crippen molar-refractivity contribution in [1.29, 1.82) is 0 Å². The van der Waals surface area contributed by atoms with Crippen LogP contribution in [0.5, 0.6) is 0 Å². The molecule has 0 fully saturated rings. The molecule has 0 spiro atoms. The van der Waals surface area contributed by atoms with E-state index in [1.165, 1.54) is 77.0 Å². The van der Waals surface area contributed by atoms with Gasteiger partial charge < -0.3 is 31.0 Å². The highest BCUT2D eigenvalue weighted by atomic mass is 28.2. The maximum Gasteiger partial charge on any atom is 0.289 e. The molecule has 0 aromatic carbocycles. The van der Waals surface area contributed by atoms with E-state index in [4.69, 9.17) is 31.0 Å². The van der Waals surface area contributed by atoms with Gasteiger partial charge in [-0.3, -0.25) is 0 Å². The van der Waals surface area contributed by atoms with Crippen molar-refractivity contribution in [2.75, 3.05) is 0 Å². The van der Waals surface area contributed by atoms with Gasteiger partial charge in [-0.25, -0.2) is 0 Å². The van der Waals surface area contributed by atoms with E-state index in [9.17, 15) is 0 Å². The first-order valence-corrected chi connectivity index (χ1v) is 20.2. The molecule has 14 heteroatoms. The van der Waals surface area contributed by atoms with E-state index in [-0.39, 0.29) is 6.10 Å². The number of hydrogen-bond donors (Lipinski definition) is 0. The van der Waals surface area contributed by atoms with Gasteiger partial charge in [-0.1, -0.05) is 90.4 Å². The van der Waals surface area contributed by atoms with Crippen molar-refractivity contribution in [3.05, 3.63) is 34.6 Å². The first kappa shape index (κ1) is 35.5.